The first-order chi connectivity index (χ1) is 9.34. The number of hydrogen-bond acceptors (Lipinski definition) is 3. The second-order valence-electron chi connectivity index (χ2n) is 3.80. The van der Waals surface area contributed by atoms with Crippen molar-refractivity contribution < 1.29 is 13.9 Å². The molecule has 1 N–H and O–H groups in total. The number of nitrogens with one attached hydrogen (secondary N) is 1. The molecular weight excluding hydrogens is 242 g/mol. The molecule has 0 fully saturated rings. The normalized spacial score (nSPS) is 10.5. The molecule has 19 heavy (non-hydrogen) atoms. The number of furan rings is 1. The molecule has 4 heteroatoms. The largest absolute Gasteiger partial charge is 0.492 e. The van der Waals surface area contributed by atoms with Gasteiger partial charge in [0.25, 0.3) is 0 Å². The second kappa shape index (κ2) is 7.06. The lowest BCUT2D eigenvalue weighted by atomic mass is 10.3. The van der Waals surface area contributed by atoms with Crippen molar-refractivity contribution in [3.63, 3.8) is 0 Å². The van der Waals surface area contributed by atoms with E-state index in [1.54, 1.807) is 24.5 Å². The number of ether oxygens (including phenoxy) is 1. The van der Waals surface area contributed by atoms with Gasteiger partial charge in [-0.25, -0.2) is 0 Å². The van der Waals surface area contributed by atoms with Crippen LogP contribution in [0.3, 0.4) is 0 Å². The van der Waals surface area contributed by atoms with Gasteiger partial charge in [-0.2, -0.15) is 0 Å². The monoisotopic (exact) mass is 257 g/mol. The van der Waals surface area contributed by atoms with Gasteiger partial charge in [-0.3, -0.25) is 4.79 Å². The first-order valence-corrected chi connectivity index (χ1v) is 6.02. The van der Waals surface area contributed by atoms with Crippen molar-refractivity contribution in [1.29, 1.82) is 0 Å². The molecule has 0 saturated heterocycles. The molecule has 98 valence electrons. The molecule has 0 aliphatic heterocycles. The number of rotatable bonds is 6. The van der Waals surface area contributed by atoms with Crippen LogP contribution in [0.2, 0.25) is 0 Å². The Kier molecular flexibility index (Phi) is 4.81. The van der Waals surface area contributed by atoms with Gasteiger partial charge in [0.1, 0.15) is 18.1 Å². The average molecular weight is 257 g/mol. The molecule has 1 aromatic heterocycles. The Hall–Kier alpha value is -2.49. The van der Waals surface area contributed by atoms with Crippen LogP contribution in [0.4, 0.5) is 0 Å². The lowest BCUT2D eigenvalue weighted by Crippen LogP contribution is -2.26. The molecule has 0 aliphatic carbocycles. The van der Waals surface area contributed by atoms with E-state index in [1.807, 2.05) is 30.3 Å². The van der Waals surface area contributed by atoms with E-state index in [0.29, 0.717) is 18.9 Å². The third kappa shape index (κ3) is 4.71. The predicted molar refractivity (Wildman–Crippen MR) is 72.7 cm³/mol. The van der Waals surface area contributed by atoms with E-state index in [9.17, 15) is 4.79 Å². The zero-order valence-electron chi connectivity index (χ0n) is 10.4. The zero-order chi connectivity index (χ0) is 13.3. The first-order valence-electron chi connectivity index (χ1n) is 6.02. The summed E-state index contributed by atoms with van der Waals surface area (Å²) in [7, 11) is 0. The Labute approximate surface area is 111 Å². The summed E-state index contributed by atoms with van der Waals surface area (Å²) in [6.45, 7) is 0.889. The lowest BCUT2D eigenvalue weighted by molar-refractivity contribution is -0.116. The van der Waals surface area contributed by atoms with Crippen LogP contribution in [-0.4, -0.2) is 19.1 Å². The standard InChI is InChI=1S/C15H15NO3/c17-15(9-8-14-7-4-11-18-14)16-10-12-19-13-5-2-1-3-6-13/h1-9,11H,10,12H2,(H,16,17)/b9-8+. The van der Waals surface area contributed by atoms with Crippen LogP contribution < -0.4 is 10.1 Å². The highest BCUT2D eigenvalue weighted by atomic mass is 16.5. The molecule has 0 radical (unpaired) electrons. The molecule has 2 aromatic rings. The number of carbonyl (C=O) groups excluding carboxylic acids is 1. The van der Waals surface area contributed by atoms with Gasteiger partial charge in [0.2, 0.25) is 5.91 Å². The smallest absolute Gasteiger partial charge is 0.244 e. The molecule has 4 nitrogen and oxygen atoms in total. The number of hydrogen-bond donors (Lipinski definition) is 1. The van der Waals surface area contributed by atoms with E-state index in [-0.39, 0.29) is 5.91 Å². The number of carbonyl (C=O) groups is 1. The van der Waals surface area contributed by atoms with Crippen LogP contribution >= 0.6 is 0 Å². The topological polar surface area (TPSA) is 51.5 Å². The molecule has 0 saturated carbocycles. The van der Waals surface area contributed by atoms with Crippen molar-refractivity contribution in [2.75, 3.05) is 13.2 Å². The molecule has 0 atom stereocenters. The number of para-hydroxylation sites is 1. The minimum atomic E-state index is -0.173. The van der Waals surface area contributed by atoms with Crippen molar-refractivity contribution in [1.82, 2.24) is 5.32 Å². The van der Waals surface area contributed by atoms with E-state index in [0.717, 1.165) is 5.75 Å². The third-order valence-electron chi connectivity index (χ3n) is 2.36. The van der Waals surface area contributed by atoms with E-state index >= 15 is 0 Å². The summed E-state index contributed by atoms with van der Waals surface area (Å²) in [6, 6.07) is 13.0. The van der Waals surface area contributed by atoms with E-state index in [2.05, 4.69) is 5.32 Å². The fourth-order valence-corrected chi connectivity index (χ4v) is 1.46. The van der Waals surface area contributed by atoms with Gasteiger partial charge < -0.3 is 14.5 Å². The summed E-state index contributed by atoms with van der Waals surface area (Å²) < 4.78 is 10.5. The fraction of sp³-hybridized carbons (Fsp3) is 0.133. The highest BCUT2D eigenvalue weighted by Crippen LogP contribution is 2.07. The summed E-state index contributed by atoms with van der Waals surface area (Å²) in [6.07, 6.45) is 4.61. The Morgan fingerprint density at radius 1 is 1.21 bits per heavy atom. The van der Waals surface area contributed by atoms with Gasteiger partial charge >= 0.3 is 0 Å². The SMILES string of the molecule is O=C(/C=C/c1ccco1)NCCOc1ccccc1. The minimum Gasteiger partial charge on any atom is -0.492 e. The minimum absolute atomic E-state index is 0.173. The molecular formula is C15H15NO3. The van der Waals surface area contributed by atoms with Crippen molar-refractivity contribution >= 4 is 12.0 Å². The Morgan fingerprint density at radius 2 is 2.05 bits per heavy atom. The summed E-state index contributed by atoms with van der Waals surface area (Å²) in [4.78, 5) is 11.5. The van der Waals surface area contributed by atoms with Gasteiger partial charge in [0, 0.05) is 6.08 Å². The average Bonchev–Trinajstić information content (AvgIpc) is 2.96. The van der Waals surface area contributed by atoms with Crippen molar-refractivity contribution in [3.8, 4) is 5.75 Å². The van der Waals surface area contributed by atoms with Gasteiger partial charge in [0.15, 0.2) is 0 Å². The number of benzene rings is 1. The van der Waals surface area contributed by atoms with Crippen LogP contribution in [0.15, 0.2) is 59.2 Å². The quantitative estimate of drug-likeness (QED) is 0.639. The molecule has 0 unspecified atom stereocenters. The van der Waals surface area contributed by atoms with Gasteiger partial charge in [-0.15, -0.1) is 0 Å². The molecule has 0 aliphatic rings. The zero-order valence-corrected chi connectivity index (χ0v) is 10.4. The molecule has 0 bridgehead atoms. The number of amides is 1. The van der Waals surface area contributed by atoms with E-state index in [4.69, 9.17) is 9.15 Å². The van der Waals surface area contributed by atoms with Gasteiger partial charge in [-0.1, -0.05) is 18.2 Å². The van der Waals surface area contributed by atoms with Gasteiger partial charge in [-0.05, 0) is 30.3 Å². The Morgan fingerprint density at radius 3 is 2.79 bits per heavy atom. The van der Waals surface area contributed by atoms with Crippen LogP contribution in [0.5, 0.6) is 5.75 Å². The van der Waals surface area contributed by atoms with E-state index in [1.165, 1.54) is 6.08 Å². The Bertz CT molecular complexity index is 518. The van der Waals surface area contributed by atoms with Crippen LogP contribution in [-0.2, 0) is 4.79 Å². The van der Waals surface area contributed by atoms with Crippen LogP contribution in [0.1, 0.15) is 5.76 Å². The molecule has 0 spiro atoms. The van der Waals surface area contributed by atoms with Crippen molar-refractivity contribution in [2.24, 2.45) is 0 Å². The molecule has 2 rings (SSSR count). The van der Waals surface area contributed by atoms with Crippen LogP contribution in [0.25, 0.3) is 6.08 Å². The van der Waals surface area contributed by atoms with Gasteiger partial charge in [0.05, 0.1) is 12.8 Å². The maximum Gasteiger partial charge on any atom is 0.244 e. The summed E-state index contributed by atoms with van der Waals surface area (Å²) in [5, 5.41) is 2.72. The summed E-state index contributed by atoms with van der Waals surface area (Å²) in [5.74, 6) is 1.27. The maximum absolute atomic E-state index is 11.5. The molecule has 1 heterocycles. The first kappa shape index (κ1) is 13.0. The maximum atomic E-state index is 11.5. The molecule has 1 amide bonds. The van der Waals surface area contributed by atoms with E-state index < -0.39 is 0 Å². The second-order valence-corrected chi connectivity index (χ2v) is 3.80. The highest BCUT2D eigenvalue weighted by molar-refractivity contribution is 5.91. The Balaban J connectivity index is 1.64. The molecule has 1 aromatic carbocycles. The summed E-state index contributed by atoms with van der Waals surface area (Å²) >= 11 is 0. The third-order valence-corrected chi connectivity index (χ3v) is 2.36. The van der Waals surface area contributed by atoms with Crippen LogP contribution in [0, 0.1) is 0 Å². The van der Waals surface area contributed by atoms with Crippen molar-refractivity contribution in [2.45, 2.75) is 0 Å². The summed E-state index contributed by atoms with van der Waals surface area (Å²) in [5.41, 5.74) is 0. The lowest BCUT2D eigenvalue weighted by Gasteiger charge is -2.05. The predicted octanol–water partition coefficient (Wildman–Crippen LogP) is 2.49. The van der Waals surface area contributed by atoms with Crippen molar-refractivity contribution in [3.05, 3.63) is 60.6 Å². The highest BCUT2D eigenvalue weighted by Gasteiger charge is 1.96. The fourth-order valence-electron chi connectivity index (χ4n) is 1.46.